The zero-order valence-electron chi connectivity index (χ0n) is 18.6. The third kappa shape index (κ3) is 3.89. The Bertz CT molecular complexity index is 664. The molecule has 0 aliphatic heterocycles. The van der Waals surface area contributed by atoms with Crippen molar-refractivity contribution in [3.63, 3.8) is 0 Å². The molecule has 0 radical (unpaired) electrons. The average molecular weight is 391 g/mol. The van der Waals surface area contributed by atoms with E-state index in [0.717, 1.165) is 31.6 Å². The Morgan fingerprint density at radius 1 is 1.11 bits per heavy atom. The normalized spacial score (nSPS) is 37.7. The Kier molecular flexibility index (Phi) is 5.73. The third-order valence-corrected chi connectivity index (χ3v) is 8.27. The third-order valence-electron chi connectivity index (χ3n) is 8.27. The molecule has 3 aliphatic rings. The van der Waals surface area contributed by atoms with Crippen LogP contribution >= 0.6 is 0 Å². The molecule has 0 heterocycles. The SMILES string of the molecule is CC(=O)OC[C@H](OC(C)=O)[C@@]1(C)CC[C@H]2C(=CC[C@@H]3C(C)(C)CCC[C@@]32C)C1. The maximum atomic E-state index is 11.7. The van der Waals surface area contributed by atoms with Crippen LogP contribution in [0.3, 0.4) is 0 Å². The minimum Gasteiger partial charge on any atom is -0.462 e. The van der Waals surface area contributed by atoms with Gasteiger partial charge >= 0.3 is 11.9 Å². The van der Waals surface area contributed by atoms with Gasteiger partial charge in [-0.2, -0.15) is 0 Å². The number of carbonyl (C=O) groups is 2. The van der Waals surface area contributed by atoms with Gasteiger partial charge in [0.2, 0.25) is 0 Å². The van der Waals surface area contributed by atoms with Gasteiger partial charge < -0.3 is 9.47 Å². The first-order chi connectivity index (χ1) is 13.0. The number of hydrogen-bond donors (Lipinski definition) is 0. The van der Waals surface area contributed by atoms with Crippen molar-refractivity contribution in [2.24, 2.45) is 28.1 Å². The van der Waals surface area contributed by atoms with Crippen molar-refractivity contribution in [1.82, 2.24) is 0 Å². The molecule has 0 N–H and O–H groups in total. The van der Waals surface area contributed by atoms with E-state index in [1.807, 2.05) is 0 Å². The lowest BCUT2D eigenvalue weighted by molar-refractivity contribution is -0.167. The van der Waals surface area contributed by atoms with Gasteiger partial charge in [-0.3, -0.25) is 9.59 Å². The van der Waals surface area contributed by atoms with Crippen LogP contribution in [0.25, 0.3) is 0 Å². The highest BCUT2D eigenvalue weighted by atomic mass is 16.6. The molecule has 3 aliphatic carbocycles. The van der Waals surface area contributed by atoms with Crippen LogP contribution in [-0.4, -0.2) is 24.6 Å². The minimum atomic E-state index is -0.385. The molecule has 0 bridgehead atoms. The van der Waals surface area contributed by atoms with Gasteiger partial charge in [-0.25, -0.2) is 0 Å². The van der Waals surface area contributed by atoms with Crippen molar-refractivity contribution < 1.29 is 19.1 Å². The van der Waals surface area contributed by atoms with Gasteiger partial charge in [0, 0.05) is 19.3 Å². The smallest absolute Gasteiger partial charge is 0.303 e. The largest absolute Gasteiger partial charge is 0.462 e. The van der Waals surface area contributed by atoms with Gasteiger partial charge in [-0.05, 0) is 61.2 Å². The number of fused-ring (bicyclic) bond motifs is 3. The molecule has 158 valence electrons. The molecule has 0 aromatic heterocycles. The van der Waals surface area contributed by atoms with Crippen LogP contribution in [0.4, 0.5) is 0 Å². The minimum absolute atomic E-state index is 0.149. The fourth-order valence-corrected chi connectivity index (χ4v) is 6.79. The van der Waals surface area contributed by atoms with Crippen molar-refractivity contribution in [2.45, 2.75) is 92.6 Å². The molecule has 0 aromatic carbocycles. The molecule has 4 heteroatoms. The molecule has 4 nitrogen and oxygen atoms in total. The van der Waals surface area contributed by atoms with E-state index in [9.17, 15) is 9.59 Å². The lowest BCUT2D eigenvalue weighted by Gasteiger charge is -2.59. The van der Waals surface area contributed by atoms with Crippen LogP contribution in [0, 0.1) is 28.1 Å². The van der Waals surface area contributed by atoms with E-state index in [1.165, 1.54) is 33.1 Å². The fourth-order valence-electron chi connectivity index (χ4n) is 6.79. The van der Waals surface area contributed by atoms with E-state index in [4.69, 9.17) is 9.47 Å². The highest BCUT2D eigenvalue weighted by Gasteiger charge is 2.55. The first-order valence-corrected chi connectivity index (χ1v) is 11.0. The van der Waals surface area contributed by atoms with Crippen LogP contribution < -0.4 is 0 Å². The van der Waals surface area contributed by atoms with E-state index >= 15 is 0 Å². The summed E-state index contributed by atoms with van der Waals surface area (Å²) in [5.41, 5.74) is 2.15. The van der Waals surface area contributed by atoms with Crippen LogP contribution in [0.15, 0.2) is 11.6 Å². The van der Waals surface area contributed by atoms with Crippen molar-refractivity contribution in [3.8, 4) is 0 Å². The van der Waals surface area contributed by atoms with Crippen molar-refractivity contribution in [3.05, 3.63) is 11.6 Å². The van der Waals surface area contributed by atoms with E-state index in [-0.39, 0.29) is 30.1 Å². The Labute approximate surface area is 170 Å². The summed E-state index contributed by atoms with van der Waals surface area (Å²) in [4.78, 5) is 23.0. The van der Waals surface area contributed by atoms with Gasteiger partial charge in [0.25, 0.3) is 0 Å². The second-order valence-electron chi connectivity index (χ2n) is 10.7. The quantitative estimate of drug-likeness (QED) is 0.473. The Hall–Kier alpha value is -1.32. The Morgan fingerprint density at radius 3 is 2.46 bits per heavy atom. The predicted molar refractivity (Wildman–Crippen MR) is 110 cm³/mol. The molecule has 0 saturated heterocycles. The average Bonchev–Trinajstić information content (AvgIpc) is 2.57. The van der Waals surface area contributed by atoms with Crippen LogP contribution in [0.2, 0.25) is 0 Å². The van der Waals surface area contributed by atoms with E-state index in [2.05, 4.69) is 33.8 Å². The number of rotatable bonds is 4. The standard InChI is InChI=1S/C24H38O4/c1-16(25)27-15-21(28-17(2)26)23(5)13-10-19-18(14-23)8-9-20-22(3,4)11-7-12-24(19,20)6/h8,19-21H,7,9-15H2,1-6H3/t19-,20+,21-,23-,24+/m0/s1. The van der Waals surface area contributed by atoms with Crippen LogP contribution in [0.1, 0.15) is 86.5 Å². The molecule has 2 fully saturated rings. The molecular formula is C24H38O4. The summed E-state index contributed by atoms with van der Waals surface area (Å²) in [6.07, 6.45) is 10.3. The zero-order valence-corrected chi connectivity index (χ0v) is 18.6. The molecular weight excluding hydrogens is 352 g/mol. The molecule has 2 saturated carbocycles. The number of esters is 2. The number of ether oxygens (including phenoxy) is 2. The maximum Gasteiger partial charge on any atom is 0.303 e. The molecule has 0 unspecified atom stereocenters. The highest BCUT2D eigenvalue weighted by Crippen LogP contribution is 2.63. The second kappa shape index (κ2) is 7.50. The summed E-state index contributed by atoms with van der Waals surface area (Å²) in [7, 11) is 0. The lowest BCUT2D eigenvalue weighted by Crippen LogP contribution is -2.52. The summed E-state index contributed by atoms with van der Waals surface area (Å²) in [5.74, 6) is 0.744. The summed E-state index contributed by atoms with van der Waals surface area (Å²) in [5, 5.41) is 0. The molecule has 28 heavy (non-hydrogen) atoms. The van der Waals surface area contributed by atoms with Gasteiger partial charge in [0.15, 0.2) is 0 Å². The van der Waals surface area contributed by atoms with Crippen molar-refractivity contribution in [1.29, 1.82) is 0 Å². The summed E-state index contributed by atoms with van der Waals surface area (Å²) in [6.45, 7) is 12.6. The Morgan fingerprint density at radius 2 is 1.82 bits per heavy atom. The first kappa shape index (κ1) is 21.4. The number of carbonyl (C=O) groups excluding carboxylic acids is 2. The summed E-state index contributed by atoms with van der Waals surface area (Å²) < 4.78 is 10.9. The Balaban J connectivity index is 1.83. The molecule has 5 atom stereocenters. The van der Waals surface area contributed by atoms with Gasteiger partial charge in [0.1, 0.15) is 12.7 Å². The van der Waals surface area contributed by atoms with Gasteiger partial charge in [0.05, 0.1) is 0 Å². The van der Waals surface area contributed by atoms with Crippen molar-refractivity contribution >= 4 is 11.9 Å². The van der Waals surface area contributed by atoms with Crippen molar-refractivity contribution in [2.75, 3.05) is 6.61 Å². The molecule has 0 aromatic rings. The maximum absolute atomic E-state index is 11.7. The van der Waals surface area contributed by atoms with E-state index in [0.29, 0.717) is 16.7 Å². The van der Waals surface area contributed by atoms with Gasteiger partial charge in [-0.15, -0.1) is 0 Å². The van der Waals surface area contributed by atoms with E-state index < -0.39 is 0 Å². The number of allylic oxidation sites excluding steroid dienone is 2. The van der Waals surface area contributed by atoms with Gasteiger partial charge in [-0.1, -0.05) is 45.8 Å². The number of hydrogen-bond acceptors (Lipinski definition) is 4. The second-order valence-corrected chi connectivity index (χ2v) is 10.7. The summed E-state index contributed by atoms with van der Waals surface area (Å²) in [6, 6.07) is 0. The topological polar surface area (TPSA) is 52.6 Å². The van der Waals surface area contributed by atoms with Crippen LogP contribution in [-0.2, 0) is 19.1 Å². The van der Waals surface area contributed by atoms with Crippen LogP contribution in [0.5, 0.6) is 0 Å². The predicted octanol–water partition coefficient (Wildman–Crippen LogP) is 5.45. The molecule has 0 amide bonds. The first-order valence-electron chi connectivity index (χ1n) is 11.0. The summed E-state index contributed by atoms with van der Waals surface area (Å²) >= 11 is 0. The van der Waals surface area contributed by atoms with E-state index in [1.54, 1.807) is 5.57 Å². The monoisotopic (exact) mass is 390 g/mol. The fraction of sp³-hybridized carbons (Fsp3) is 0.833. The lowest BCUT2D eigenvalue weighted by atomic mass is 9.45. The highest BCUT2D eigenvalue weighted by molar-refractivity contribution is 5.67. The molecule has 3 rings (SSSR count). The zero-order chi connectivity index (χ0) is 20.7. The molecule has 0 spiro atoms.